The van der Waals surface area contributed by atoms with E-state index in [2.05, 4.69) is 10.5 Å². The molecule has 122 valence electrons. The van der Waals surface area contributed by atoms with Crippen molar-refractivity contribution in [1.82, 2.24) is 5.16 Å². The minimum absolute atomic E-state index is 0.0209. The number of nitrogens with zero attached hydrogens (tertiary/aromatic N) is 1. The topological polar surface area (TPSA) is 81.4 Å². The number of nitrogens with one attached hydrogen (secondary N) is 1. The molecule has 0 bridgehead atoms. The van der Waals surface area contributed by atoms with Crippen LogP contribution in [0.15, 0.2) is 10.6 Å². The van der Waals surface area contributed by atoms with Crippen LogP contribution in [0, 0.1) is 26.7 Å². The molecule has 2 heterocycles. The van der Waals surface area contributed by atoms with E-state index in [4.69, 9.17) is 9.26 Å². The Balaban J connectivity index is 1.74. The Morgan fingerprint density at radius 2 is 2.13 bits per heavy atom. The molecule has 2 aromatic heterocycles. The van der Waals surface area contributed by atoms with Gasteiger partial charge >= 0.3 is 5.97 Å². The standard InChI is InChI=1S/C16H18N2O4S/c1-8-6-12(18-22-8)7-21-16(20)13-9(2)10(3)23-15(13)17-14(19)11-4-5-11/h6,11H,4-5,7H2,1-3H3,(H,17,19). The number of carbonyl (C=O) groups excluding carboxylic acids is 2. The average molecular weight is 334 g/mol. The zero-order valence-corrected chi connectivity index (χ0v) is 14.1. The Kier molecular flexibility index (Phi) is 4.21. The maximum Gasteiger partial charge on any atom is 0.341 e. The molecule has 23 heavy (non-hydrogen) atoms. The molecule has 0 unspecified atom stereocenters. The Labute approximate surface area is 137 Å². The number of aryl methyl sites for hydroxylation is 2. The molecule has 1 aliphatic carbocycles. The van der Waals surface area contributed by atoms with Crippen LogP contribution in [0.25, 0.3) is 0 Å². The molecule has 2 aromatic rings. The van der Waals surface area contributed by atoms with Crippen LogP contribution < -0.4 is 5.32 Å². The summed E-state index contributed by atoms with van der Waals surface area (Å²) in [6, 6.07) is 1.72. The highest BCUT2D eigenvalue weighted by Crippen LogP contribution is 2.36. The van der Waals surface area contributed by atoms with Crippen LogP contribution in [-0.2, 0) is 16.1 Å². The van der Waals surface area contributed by atoms with E-state index < -0.39 is 5.97 Å². The maximum absolute atomic E-state index is 12.4. The van der Waals surface area contributed by atoms with Crippen LogP contribution in [0.5, 0.6) is 0 Å². The van der Waals surface area contributed by atoms with Crippen molar-refractivity contribution in [1.29, 1.82) is 0 Å². The van der Waals surface area contributed by atoms with Gasteiger partial charge in [0.1, 0.15) is 23.1 Å². The number of hydrogen-bond acceptors (Lipinski definition) is 6. The highest BCUT2D eigenvalue weighted by molar-refractivity contribution is 7.16. The fraction of sp³-hybridized carbons (Fsp3) is 0.438. The van der Waals surface area contributed by atoms with E-state index in [9.17, 15) is 9.59 Å². The van der Waals surface area contributed by atoms with Crippen LogP contribution >= 0.6 is 11.3 Å². The van der Waals surface area contributed by atoms with Gasteiger partial charge in [0.25, 0.3) is 0 Å². The van der Waals surface area contributed by atoms with Crippen LogP contribution in [0.1, 0.15) is 45.1 Å². The number of carbonyl (C=O) groups is 2. The first-order valence-corrected chi connectivity index (χ1v) is 8.27. The highest BCUT2D eigenvalue weighted by Gasteiger charge is 2.31. The monoisotopic (exact) mass is 334 g/mol. The van der Waals surface area contributed by atoms with Crippen molar-refractivity contribution < 1.29 is 18.8 Å². The van der Waals surface area contributed by atoms with Gasteiger partial charge in [0.15, 0.2) is 0 Å². The van der Waals surface area contributed by atoms with Crippen molar-refractivity contribution >= 4 is 28.2 Å². The summed E-state index contributed by atoms with van der Waals surface area (Å²) < 4.78 is 10.3. The van der Waals surface area contributed by atoms with E-state index in [0.29, 0.717) is 22.0 Å². The van der Waals surface area contributed by atoms with Gasteiger partial charge in [-0.15, -0.1) is 11.3 Å². The lowest BCUT2D eigenvalue weighted by atomic mass is 10.1. The molecule has 0 atom stereocenters. The summed E-state index contributed by atoms with van der Waals surface area (Å²) in [6.45, 7) is 5.59. The zero-order valence-electron chi connectivity index (χ0n) is 13.3. The van der Waals surface area contributed by atoms with Crippen LogP contribution in [-0.4, -0.2) is 17.0 Å². The lowest BCUT2D eigenvalue weighted by Crippen LogP contribution is -2.16. The first-order valence-electron chi connectivity index (χ1n) is 7.46. The molecule has 0 spiro atoms. The van der Waals surface area contributed by atoms with Crippen LogP contribution in [0.3, 0.4) is 0 Å². The number of hydrogen-bond donors (Lipinski definition) is 1. The molecule has 0 saturated heterocycles. The van der Waals surface area contributed by atoms with Gasteiger partial charge in [-0.2, -0.15) is 0 Å². The Hall–Kier alpha value is -2.15. The van der Waals surface area contributed by atoms with E-state index in [1.165, 1.54) is 11.3 Å². The minimum Gasteiger partial charge on any atom is -0.455 e. The van der Waals surface area contributed by atoms with E-state index >= 15 is 0 Å². The molecule has 0 aromatic carbocycles. The van der Waals surface area contributed by atoms with Crippen LogP contribution in [0.4, 0.5) is 5.00 Å². The average Bonchev–Trinajstić information content (AvgIpc) is 3.22. The smallest absolute Gasteiger partial charge is 0.341 e. The number of thiophene rings is 1. The first-order chi connectivity index (χ1) is 11.0. The molecule has 1 N–H and O–H groups in total. The second kappa shape index (κ2) is 6.16. The van der Waals surface area contributed by atoms with Gasteiger partial charge in [-0.05, 0) is 39.2 Å². The zero-order chi connectivity index (χ0) is 16.6. The number of amides is 1. The largest absolute Gasteiger partial charge is 0.455 e. The van der Waals surface area contributed by atoms with Gasteiger partial charge in [-0.3, -0.25) is 4.79 Å². The summed E-state index contributed by atoms with van der Waals surface area (Å²) in [6.07, 6.45) is 1.83. The third kappa shape index (κ3) is 3.44. The SMILES string of the molecule is Cc1cc(COC(=O)c2c(NC(=O)C3CC3)sc(C)c2C)no1. The Bertz CT molecular complexity index is 758. The summed E-state index contributed by atoms with van der Waals surface area (Å²) >= 11 is 1.40. The number of esters is 1. The Morgan fingerprint density at radius 3 is 2.74 bits per heavy atom. The number of aromatic nitrogens is 1. The van der Waals surface area contributed by atoms with Crippen molar-refractivity contribution in [2.75, 3.05) is 5.32 Å². The molecule has 1 saturated carbocycles. The molecule has 0 aliphatic heterocycles. The molecule has 0 radical (unpaired) electrons. The highest BCUT2D eigenvalue weighted by atomic mass is 32.1. The van der Waals surface area contributed by atoms with Crippen molar-refractivity contribution in [3.63, 3.8) is 0 Å². The fourth-order valence-electron chi connectivity index (χ4n) is 2.22. The summed E-state index contributed by atoms with van der Waals surface area (Å²) in [4.78, 5) is 25.4. The van der Waals surface area contributed by atoms with Crippen molar-refractivity contribution in [3.8, 4) is 0 Å². The van der Waals surface area contributed by atoms with Gasteiger partial charge < -0.3 is 14.6 Å². The second-order valence-corrected chi connectivity index (χ2v) is 6.98. The van der Waals surface area contributed by atoms with E-state index in [1.54, 1.807) is 13.0 Å². The summed E-state index contributed by atoms with van der Waals surface area (Å²) in [7, 11) is 0. The lowest BCUT2D eigenvalue weighted by molar-refractivity contribution is -0.117. The number of ether oxygens (including phenoxy) is 1. The second-order valence-electron chi connectivity index (χ2n) is 5.76. The predicted octanol–water partition coefficient (Wildman–Crippen LogP) is 3.37. The fourth-order valence-corrected chi connectivity index (χ4v) is 3.27. The molecule has 6 nitrogen and oxygen atoms in total. The molecule has 7 heteroatoms. The predicted molar refractivity (Wildman–Crippen MR) is 85.5 cm³/mol. The first kappa shape index (κ1) is 15.7. The quantitative estimate of drug-likeness (QED) is 0.848. The molecule has 1 aliphatic rings. The number of rotatable bonds is 5. The van der Waals surface area contributed by atoms with Gasteiger partial charge in [-0.25, -0.2) is 4.79 Å². The maximum atomic E-state index is 12.4. The van der Waals surface area contributed by atoms with Gasteiger partial charge in [-0.1, -0.05) is 5.16 Å². The molecule has 1 amide bonds. The summed E-state index contributed by atoms with van der Waals surface area (Å²) in [5.41, 5.74) is 1.83. The van der Waals surface area contributed by atoms with Gasteiger partial charge in [0.2, 0.25) is 5.91 Å². The Morgan fingerprint density at radius 1 is 1.39 bits per heavy atom. The molecular formula is C16H18N2O4S. The van der Waals surface area contributed by atoms with Crippen molar-refractivity contribution in [2.45, 2.75) is 40.2 Å². The van der Waals surface area contributed by atoms with Crippen LogP contribution in [0.2, 0.25) is 0 Å². The van der Waals surface area contributed by atoms with E-state index in [0.717, 1.165) is 23.3 Å². The molecule has 1 fully saturated rings. The molecule has 3 rings (SSSR count). The van der Waals surface area contributed by atoms with Gasteiger partial charge in [0.05, 0.1) is 5.56 Å². The van der Waals surface area contributed by atoms with Crippen molar-refractivity contribution in [3.05, 3.63) is 33.5 Å². The van der Waals surface area contributed by atoms with Crippen molar-refractivity contribution in [2.24, 2.45) is 5.92 Å². The minimum atomic E-state index is -0.460. The third-order valence-corrected chi connectivity index (χ3v) is 4.92. The normalized spacial score (nSPS) is 13.9. The number of anilines is 1. The van der Waals surface area contributed by atoms with E-state index in [1.807, 2.05) is 13.8 Å². The lowest BCUT2D eigenvalue weighted by Gasteiger charge is -2.07. The third-order valence-electron chi connectivity index (χ3n) is 3.80. The summed E-state index contributed by atoms with van der Waals surface area (Å²) in [5, 5.41) is 7.22. The van der Waals surface area contributed by atoms with Gasteiger partial charge in [0, 0.05) is 16.9 Å². The molecular weight excluding hydrogens is 316 g/mol. The summed E-state index contributed by atoms with van der Waals surface area (Å²) in [5.74, 6) is 0.265. The van der Waals surface area contributed by atoms with E-state index in [-0.39, 0.29) is 18.4 Å².